The van der Waals surface area contributed by atoms with Crippen molar-refractivity contribution in [2.24, 2.45) is 0 Å². The molecular weight excluding hydrogens is 348 g/mol. The summed E-state index contributed by atoms with van der Waals surface area (Å²) in [4.78, 5) is 12.6. The first-order chi connectivity index (χ1) is 13.2. The number of ether oxygens (including phenoxy) is 3. The molecule has 136 valence electrons. The Balaban J connectivity index is 1.36. The van der Waals surface area contributed by atoms with E-state index in [9.17, 15) is 4.79 Å². The molecule has 3 heterocycles. The average Bonchev–Trinajstić information content (AvgIpc) is 3.32. The number of carbonyl (C=O) groups excluding carboxylic acids is 1. The Labute approximate surface area is 154 Å². The van der Waals surface area contributed by atoms with Gasteiger partial charge in [0.05, 0.1) is 11.1 Å². The summed E-state index contributed by atoms with van der Waals surface area (Å²) >= 11 is 0. The van der Waals surface area contributed by atoms with E-state index in [0.717, 1.165) is 22.4 Å². The first-order valence-corrected chi connectivity index (χ1v) is 8.58. The fourth-order valence-electron chi connectivity index (χ4n) is 3.25. The van der Waals surface area contributed by atoms with E-state index in [-0.39, 0.29) is 25.0 Å². The maximum Gasteiger partial charge on any atom is 0.274 e. The largest absolute Gasteiger partial charge is 0.488 e. The number of hydrogen-bond donors (Lipinski definition) is 1. The molecule has 0 saturated heterocycles. The van der Waals surface area contributed by atoms with Crippen molar-refractivity contribution in [2.75, 3.05) is 6.79 Å². The minimum Gasteiger partial charge on any atom is -0.488 e. The zero-order chi connectivity index (χ0) is 18.4. The molecule has 0 unspecified atom stereocenters. The number of aromatic nitrogens is 1. The van der Waals surface area contributed by atoms with E-state index in [1.807, 2.05) is 43.3 Å². The smallest absolute Gasteiger partial charge is 0.274 e. The lowest BCUT2D eigenvalue weighted by Crippen LogP contribution is -2.24. The maximum atomic E-state index is 12.6. The Morgan fingerprint density at radius 2 is 1.93 bits per heavy atom. The summed E-state index contributed by atoms with van der Waals surface area (Å²) in [5, 5.41) is 6.85. The van der Waals surface area contributed by atoms with Crippen molar-refractivity contribution in [2.45, 2.75) is 20.1 Å². The average molecular weight is 364 g/mol. The van der Waals surface area contributed by atoms with Crippen LogP contribution in [0.15, 0.2) is 40.9 Å². The van der Waals surface area contributed by atoms with Crippen molar-refractivity contribution in [3.63, 3.8) is 0 Å². The third-order valence-electron chi connectivity index (χ3n) is 4.64. The molecule has 0 fully saturated rings. The van der Waals surface area contributed by atoms with Crippen LogP contribution in [0, 0.1) is 6.92 Å². The van der Waals surface area contributed by atoms with Crippen LogP contribution in [-0.4, -0.2) is 17.9 Å². The van der Waals surface area contributed by atoms with Crippen LogP contribution in [0.5, 0.6) is 17.2 Å². The highest BCUT2D eigenvalue weighted by molar-refractivity contribution is 5.95. The van der Waals surface area contributed by atoms with Crippen LogP contribution in [0.4, 0.5) is 0 Å². The van der Waals surface area contributed by atoms with Gasteiger partial charge in [-0.3, -0.25) is 4.79 Å². The molecule has 0 spiro atoms. The summed E-state index contributed by atoms with van der Waals surface area (Å²) in [5.74, 6) is 2.41. The number of aryl methyl sites for hydroxylation is 1. The topological polar surface area (TPSA) is 82.8 Å². The Kier molecular flexibility index (Phi) is 3.53. The fraction of sp³-hybridized carbons (Fsp3) is 0.200. The maximum absolute atomic E-state index is 12.6. The lowest BCUT2D eigenvalue weighted by Gasteiger charge is -2.16. The van der Waals surface area contributed by atoms with Gasteiger partial charge in [-0.2, -0.15) is 0 Å². The Morgan fingerprint density at radius 3 is 2.85 bits per heavy atom. The highest BCUT2D eigenvalue weighted by atomic mass is 16.7. The van der Waals surface area contributed by atoms with Crippen molar-refractivity contribution in [3.8, 4) is 28.6 Å². The molecule has 1 N–H and O–H groups in total. The molecule has 2 aliphatic heterocycles. The van der Waals surface area contributed by atoms with Crippen LogP contribution >= 0.6 is 0 Å². The van der Waals surface area contributed by atoms with Gasteiger partial charge in [0, 0.05) is 6.54 Å². The van der Waals surface area contributed by atoms with Crippen LogP contribution in [0.2, 0.25) is 0 Å². The number of hydrogen-bond acceptors (Lipinski definition) is 6. The van der Waals surface area contributed by atoms with Crippen molar-refractivity contribution < 1.29 is 23.5 Å². The first-order valence-electron chi connectivity index (χ1n) is 8.58. The molecular formula is C20H16N2O5. The summed E-state index contributed by atoms with van der Waals surface area (Å²) in [6.45, 7) is 2.80. The number of fused-ring (bicyclic) bond motifs is 4. The number of carbonyl (C=O) groups is 1. The molecule has 7 heteroatoms. The van der Waals surface area contributed by atoms with Gasteiger partial charge in [0.2, 0.25) is 6.79 Å². The summed E-state index contributed by atoms with van der Waals surface area (Å²) in [6, 6.07) is 11.4. The van der Waals surface area contributed by atoms with Crippen molar-refractivity contribution in [1.82, 2.24) is 10.5 Å². The summed E-state index contributed by atoms with van der Waals surface area (Å²) in [6.07, 6.45) is 0. The van der Waals surface area contributed by atoms with Gasteiger partial charge in [-0.05, 0) is 36.8 Å². The number of amides is 1. The first kappa shape index (κ1) is 15.7. The van der Waals surface area contributed by atoms with Gasteiger partial charge >= 0.3 is 0 Å². The van der Waals surface area contributed by atoms with E-state index >= 15 is 0 Å². The predicted molar refractivity (Wildman–Crippen MR) is 94.7 cm³/mol. The standard InChI is InChI=1S/C20H16N2O5/c1-11-2-4-15-13(6-11)19-14(9-24-15)18(22-27-19)20(23)21-8-12-3-5-16-17(7-12)26-10-25-16/h2-7H,8-10H2,1H3,(H,21,23). The lowest BCUT2D eigenvalue weighted by molar-refractivity contribution is 0.0939. The molecule has 1 amide bonds. The molecule has 0 radical (unpaired) electrons. The second kappa shape index (κ2) is 6.05. The quantitative estimate of drug-likeness (QED) is 0.768. The zero-order valence-electron chi connectivity index (χ0n) is 14.6. The van der Waals surface area contributed by atoms with Gasteiger partial charge in [-0.1, -0.05) is 22.9 Å². The molecule has 2 aromatic carbocycles. The summed E-state index contributed by atoms with van der Waals surface area (Å²) < 4.78 is 21.9. The van der Waals surface area contributed by atoms with E-state index in [0.29, 0.717) is 29.4 Å². The van der Waals surface area contributed by atoms with E-state index in [1.54, 1.807) is 0 Å². The van der Waals surface area contributed by atoms with Gasteiger partial charge in [0.1, 0.15) is 12.4 Å². The SMILES string of the molecule is Cc1ccc2c(c1)-c1onc(C(=O)NCc3ccc4c(c3)OCO4)c1CO2. The van der Waals surface area contributed by atoms with Gasteiger partial charge < -0.3 is 24.1 Å². The second-order valence-electron chi connectivity index (χ2n) is 6.50. The molecule has 5 rings (SSSR count). The molecule has 0 bridgehead atoms. The summed E-state index contributed by atoms with van der Waals surface area (Å²) in [5.41, 5.74) is 3.71. The molecule has 1 aromatic heterocycles. The monoisotopic (exact) mass is 364 g/mol. The molecule has 3 aromatic rings. The Bertz CT molecular complexity index is 1060. The van der Waals surface area contributed by atoms with E-state index in [2.05, 4.69) is 10.5 Å². The third kappa shape index (κ3) is 2.68. The lowest BCUT2D eigenvalue weighted by atomic mass is 10.0. The highest BCUT2D eigenvalue weighted by Crippen LogP contribution is 2.39. The van der Waals surface area contributed by atoms with Gasteiger partial charge in [-0.25, -0.2) is 0 Å². The van der Waals surface area contributed by atoms with Crippen LogP contribution in [0.3, 0.4) is 0 Å². The number of rotatable bonds is 3. The molecule has 2 aliphatic rings. The molecule has 7 nitrogen and oxygen atoms in total. The van der Waals surface area contributed by atoms with Crippen molar-refractivity contribution >= 4 is 5.91 Å². The van der Waals surface area contributed by atoms with Gasteiger partial charge in [-0.15, -0.1) is 0 Å². The van der Waals surface area contributed by atoms with Crippen molar-refractivity contribution in [1.29, 1.82) is 0 Å². The van der Waals surface area contributed by atoms with Gasteiger partial charge in [0.15, 0.2) is 23.0 Å². The Morgan fingerprint density at radius 1 is 1.07 bits per heavy atom. The molecule has 0 atom stereocenters. The van der Waals surface area contributed by atoms with E-state index in [1.165, 1.54) is 0 Å². The minimum atomic E-state index is -0.308. The number of nitrogens with zero attached hydrogens (tertiary/aromatic N) is 1. The van der Waals surface area contributed by atoms with Crippen molar-refractivity contribution in [3.05, 3.63) is 58.8 Å². The second-order valence-corrected chi connectivity index (χ2v) is 6.50. The van der Waals surface area contributed by atoms with E-state index < -0.39 is 0 Å². The predicted octanol–water partition coefficient (Wildman–Crippen LogP) is 3.20. The van der Waals surface area contributed by atoms with Crippen LogP contribution in [0.1, 0.15) is 27.2 Å². The number of nitrogens with one attached hydrogen (secondary N) is 1. The normalized spacial score (nSPS) is 13.5. The summed E-state index contributed by atoms with van der Waals surface area (Å²) in [7, 11) is 0. The molecule has 0 aliphatic carbocycles. The van der Waals surface area contributed by atoms with Crippen LogP contribution in [0.25, 0.3) is 11.3 Å². The minimum absolute atomic E-state index is 0.219. The highest BCUT2D eigenvalue weighted by Gasteiger charge is 2.28. The van der Waals surface area contributed by atoms with Gasteiger partial charge in [0.25, 0.3) is 5.91 Å². The van der Waals surface area contributed by atoms with Crippen LogP contribution in [-0.2, 0) is 13.2 Å². The zero-order valence-corrected chi connectivity index (χ0v) is 14.6. The number of benzene rings is 2. The molecule has 27 heavy (non-hydrogen) atoms. The fourth-order valence-corrected chi connectivity index (χ4v) is 3.25. The molecule has 0 saturated carbocycles. The third-order valence-corrected chi connectivity index (χ3v) is 4.64. The van der Waals surface area contributed by atoms with Crippen LogP contribution < -0.4 is 19.5 Å². The van der Waals surface area contributed by atoms with E-state index in [4.69, 9.17) is 18.7 Å². The Hall–Kier alpha value is -3.48.